The number of anilines is 1. The van der Waals surface area contributed by atoms with Crippen LogP contribution < -0.4 is 16.6 Å². The Hall–Kier alpha value is -3.56. The number of aryl methyl sites for hydroxylation is 1. The van der Waals surface area contributed by atoms with Crippen molar-refractivity contribution in [3.8, 4) is 5.69 Å². The largest absolute Gasteiger partial charge is 0.360 e. The first-order chi connectivity index (χ1) is 11.9. The van der Waals surface area contributed by atoms with Gasteiger partial charge in [0.25, 0.3) is 11.5 Å². The molecule has 0 fully saturated rings. The zero-order valence-electron chi connectivity index (χ0n) is 13.2. The summed E-state index contributed by atoms with van der Waals surface area (Å²) in [4.78, 5) is 36.7. The van der Waals surface area contributed by atoms with Crippen LogP contribution in [-0.2, 0) is 7.05 Å². The van der Waals surface area contributed by atoms with Crippen molar-refractivity contribution in [2.45, 2.75) is 6.92 Å². The number of amides is 1. The molecule has 0 spiro atoms. The Bertz CT molecular complexity index is 1060. The van der Waals surface area contributed by atoms with Crippen molar-refractivity contribution < 1.29 is 13.7 Å². The van der Waals surface area contributed by atoms with E-state index in [-0.39, 0.29) is 11.5 Å². The highest BCUT2D eigenvalue weighted by molar-refractivity contribution is 6.01. The highest BCUT2D eigenvalue weighted by Crippen LogP contribution is 2.08. The summed E-state index contributed by atoms with van der Waals surface area (Å²) in [5, 5.41) is 9.76. The molecule has 1 aromatic carbocycles. The summed E-state index contributed by atoms with van der Waals surface area (Å²) in [5.41, 5.74) is -1.97. The molecule has 1 N–H and O–H groups in total. The maximum absolute atomic E-state index is 13.1. The zero-order chi connectivity index (χ0) is 18.1. The van der Waals surface area contributed by atoms with Crippen LogP contribution in [0.2, 0.25) is 0 Å². The monoisotopic (exact) mass is 345 g/mol. The first kappa shape index (κ1) is 16.3. The Labute approximate surface area is 139 Å². The normalized spacial score (nSPS) is 10.7. The van der Waals surface area contributed by atoms with E-state index in [0.717, 1.165) is 21.4 Å². The minimum absolute atomic E-state index is 0.103. The lowest BCUT2D eigenvalue weighted by Gasteiger charge is -2.08. The van der Waals surface area contributed by atoms with Gasteiger partial charge in [0.15, 0.2) is 5.82 Å². The molecule has 2 heterocycles. The van der Waals surface area contributed by atoms with Crippen LogP contribution in [0.15, 0.2) is 44.4 Å². The summed E-state index contributed by atoms with van der Waals surface area (Å²) in [5.74, 6) is -0.788. The van der Waals surface area contributed by atoms with Gasteiger partial charge in [-0.15, -0.1) is 0 Å². The van der Waals surface area contributed by atoms with Crippen molar-refractivity contribution in [1.82, 2.24) is 19.5 Å². The lowest BCUT2D eigenvalue weighted by Crippen LogP contribution is -2.43. The van der Waals surface area contributed by atoms with Gasteiger partial charge in [0.1, 0.15) is 11.6 Å². The summed E-state index contributed by atoms with van der Waals surface area (Å²) in [7, 11) is 1.21. The molecule has 1 amide bonds. The first-order valence-electron chi connectivity index (χ1n) is 7.08. The lowest BCUT2D eigenvalue weighted by molar-refractivity contribution is 0.101. The smallest absolute Gasteiger partial charge is 0.351 e. The molecule has 0 aliphatic rings. The zero-order valence-corrected chi connectivity index (χ0v) is 13.2. The summed E-state index contributed by atoms with van der Waals surface area (Å²) in [6.45, 7) is 1.63. The molecule has 3 aromatic rings. The fourth-order valence-electron chi connectivity index (χ4n) is 2.07. The number of nitrogens with zero attached hydrogens (tertiary/aromatic N) is 4. The summed E-state index contributed by atoms with van der Waals surface area (Å²) < 4.78 is 19.4. The summed E-state index contributed by atoms with van der Waals surface area (Å²) in [6, 6.07) is 6.32. The van der Waals surface area contributed by atoms with Gasteiger partial charge in [-0.3, -0.25) is 14.2 Å². The highest BCUT2D eigenvalue weighted by atomic mass is 19.1. The van der Waals surface area contributed by atoms with Crippen LogP contribution in [0.3, 0.4) is 0 Å². The van der Waals surface area contributed by atoms with E-state index in [0.29, 0.717) is 5.76 Å². The maximum Gasteiger partial charge on any atom is 0.351 e. The molecule has 10 heteroatoms. The fraction of sp³-hybridized carbons (Fsp3) is 0.133. The van der Waals surface area contributed by atoms with E-state index in [1.807, 2.05) is 0 Å². The van der Waals surface area contributed by atoms with Gasteiger partial charge in [0.05, 0.1) is 5.69 Å². The highest BCUT2D eigenvalue weighted by Gasteiger charge is 2.19. The van der Waals surface area contributed by atoms with Gasteiger partial charge in [-0.2, -0.15) is 9.78 Å². The molecule has 0 aliphatic heterocycles. The van der Waals surface area contributed by atoms with Gasteiger partial charge in [-0.25, -0.2) is 9.18 Å². The van der Waals surface area contributed by atoms with Crippen molar-refractivity contribution in [2.24, 2.45) is 7.05 Å². The van der Waals surface area contributed by atoms with E-state index in [1.54, 1.807) is 6.92 Å². The molecular weight excluding hydrogens is 333 g/mol. The number of aromatic nitrogens is 4. The molecule has 9 nitrogen and oxygen atoms in total. The summed E-state index contributed by atoms with van der Waals surface area (Å²) >= 11 is 0. The summed E-state index contributed by atoms with van der Waals surface area (Å²) in [6.07, 6.45) is 0. The average Bonchev–Trinajstić information content (AvgIpc) is 2.99. The van der Waals surface area contributed by atoms with E-state index in [1.165, 1.54) is 25.2 Å². The maximum atomic E-state index is 13.1. The van der Waals surface area contributed by atoms with Gasteiger partial charge in [0, 0.05) is 13.1 Å². The molecule has 0 atom stereocenters. The average molecular weight is 345 g/mol. The van der Waals surface area contributed by atoms with Crippen molar-refractivity contribution in [1.29, 1.82) is 0 Å². The third-order valence-corrected chi connectivity index (χ3v) is 3.33. The Morgan fingerprint density at radius 1 is 1.24 bits per heavy atom. The number of rotatable bonds is 3. The molecule has 0 aliphatic carbocycles. The molecule has 25 heavy (non-hydrogen) atoms. The number of benzene rings is 1. The second-order valence-corrected chi connectivity index (χ2v) is 5.16. The second-order valence-electron chi connectivity index (χ2n) is 5.16. The molecule has 128 valence electrons. The Morgan fingerprint density at radius 3 is 2.52 bits per heavy atom. The standard InChI is InChI=1S/C15H12FN5O4/c1-8-7-11(19-25-8)17-13(22)12-14(23)20(2)15(24)21(18-12)10-5-3-9(16)4-6-10/h3-7H,1-2H3,(H,17,19,22). The van der Waals surface area contributed by atoms with E-state index in [9.17, 15) is 18.8 Å². The predicted molar refractivity (Wildman–Crippen MR) is 84.2 cm³/mol. The third kappa shape index (κ3) is 3.09. The number of hydrogen-bond donors (Lipinski definition) is 1. The third-order valence-electron chi connectivity index (χ3n) is 3.33. The Balaban J connectivity index is 2.07. The topological polar surface area (TPSA) is 112 Å². The van der Waals surface area contributed by atoms with Crippen LogP contribution in [-0.4, -0.2) is 25.4 Å². The van der Waals surface area contributed by atoms with Gasteiger partial charge < -0.3 is 9.84 Å². The number of carbonyl (C=O) groups excluding carboxylic acids is 1. The van der Waals surface area contributed by atoms with Gasteiger partial charge in [-0.05, 0) is 31.2 Å². The van der Waals surface area contributed by atoms with Crippen molar-refractivity contribution in [3.63, 3.8) is 0 Å². The van der Waals surface area contributed by atoms with Crippen LogP contribution in [0.4, 0.5) is 10.2 Å². The minimum atomic E-state index is -0.874. The van der Waals surface area contributed by atoms with Crippen LogP contribution in [0.1, 0.15) is 16.2 Å². The van der Waals surface area contributed by atoms with Gasteiger partial charge >= 0.3 is 5.69 Å². The molecule has 0 unspecified atom stereocenters. The van der Waals surface area contributed by atoms with E-state index in [2.05, 4.69) is 15.6 Å². The van der Waals surface area contributed by atoms with Gasteiger partial charge in [0.2, 0.25) is 5.69 Å². The van der Waals surface area contributed by atoms with Crippen LogP contribution in [0.25, 0.3) is 5.69 Å². The van der Waals surface area contributed by atoms with Crippen molar-refractivity contribution in [2.75, 3.05) is 5.32 Å². The molecule has 0 saturated carbocycles. The quantitative estimate of drug-likeness (QED) is 0.745. The van der Waals surface area contributed by atoms with E-state index < -0.39 is 28.7 Å². The van der Waals surface area contributed by atoms with Crippen LogP contribution in [0.5, 0.6) is 0 Å². The minimum Gasteiger partial charge on any atom is -0.360 e. The number of nitrogens with one attached hydrogen (secondary N) is 1. The lowest BCUT2D eigenvalue weighted by atomic mass is 10.3. The SMILES string of the molecule is Cc1cc(NC(=O)c2nn(-c3ccc(F)cc3)c(=O)n(C)c2=O)no1. The van der Waals surface area contributed by atoms with Crippen LogP contribution >= 0.6 is 0 Å². The predicted octanol–water partition coefficient (Wildman–Crippen LogP) is 0.619. The van der Waals surface area contributed by atoms with Crippen molar-refractivity contribution in [3.05, 3.63) is 68.4 Å². The molecular formula is C15H12FN5O4. The Kier molecular flexibility index (Phi) is 4.01. The molecule has 0 bridgehead atoms. The van der Waals surface area contributed by atoms with E-state index in [4.69, 9.17) is 4.52 Å². The molecule has 0 radical (unpaired) electrons. The van der Waals surface area contributed by atoms with E-state index >= 15 is 0 Å². The molecule has 2 aromatic heterocycles. The van der Waals surface area contributed by atoms with Crippen molar-refractivity contribution >= 4 is 11.7 Å². The van der Waals surface area contributed by atoms with Gasteiger partial charge in [-0.1, -0.05) is 5.16 Å². The number of hydrogen-bond acceptors (Lipinski definition) is 6. The number of halogens is 1. The first-order valence-corrected chi connectivity index (χ1v) is 7.08. The molecule has 3 rings (SSSR count). The molecule has 0 saturated heterocycles. The second kappa shape index (κ2) is 6.15. The Morgan fingerprint density at radius 2 is 1.92 bits per heavy atom. The fourth-order valence-corrected chi connectivity index (χ4v) is 2.07. The van der Waals surface area contributed by atoms with Crippen LogP contribution in [0, 0.1) is 12.7 Å². The number of carbonyl (C=O) groups is 1.